The fourth-order valence-corrected chi connectivity index (χ4v) is 2.54. The normalized spacial score (nSPS) is 10.6. The van der Waals surface area contributed by atoms with Gasteiger partial charge in [-0.1, -0.05) is 11.2 Å². The van der Waals surface area contributed by atoms with Crippen LogP contribution >= 0.6 is 11.3 Å². The van der Waals surface area contributed by atoms with E-state index in [0.29, 0.717) is 24.0 Å². The van der Waals surface area contributed by atoms with E-state index in [2.05, 4.69) is 20.4 Å². The largest absolute Gasteiger partial charge is 0.339 e. The number of nitrogens with zero attached hydrogens (tertiary/aromatic N) is 3. The lowest BCUT2D eigenvalue weighted by atomic mass is 10.3. The minimum atomic E-state index is -0.131. The molecule has 0 unspecified atom stereocenters. The molecule has 6 nitrogen and oxygen atoms in total. The van der Waals surface area contributed by atoms with Crippen LogP contribution in [0.15, 0.2) is 39.5 Å². The number of carbonyl (C=O) groups excluding carboxylic acids is 1. The number of amides is 1. The molecule has 0 saturated carbocycles. The van der Waals surface area contributed by atoms with Crippen LogP contribution in [0.3, 0.4) is 0 Å². The van der Waals surface area contributed by atoms with Crippen LogP contribution in [0.1, 0.15) is 18.0 Å². The van der Waals surface area contributed by atoms with Crippen molar-refractivity contribution in [2.75, 3.05) is 5.32 Å². The van der Waals surface area contributed by atoms with E-state index in [1.165, 1.54) is 0 Å². The average Bonchev–Trinajstić information content (AvgIpc) is 3.16. The van der Waals surface area contributed by atoms with Gasteiger partial charge in [0.2, 0.25) is 17.6 Å². The highest BCUT2D eigenvalue weighted by molar-refractivity contribution is 7.08. The highest BCUT2D eigenvalue weighted by Crippen LogP contribution is 2.19. The van der Waals surface area contributed by atoms with E-state index in [1.807, 2.05) is 35.9 Å². The van der Waals surface area contributed by atoms with Crippen LogP contribution in [0.25, 0.3) is 11.4 Å². The molecule has 112 valence electrons. The van der Waals surface area contributed by atoms with E-state index in [4.69, 9.17) is 4.52 Å². The van der Waals surface area contributed by atoms with Crippen molar-refractivity contribution in [1.82, 2.24) is 15.1 Å². The summed E-state index contributed by atoms with van der Waals surface area (Å²) in [7, 11) is 0. The SMILES string of the molecule is Cc1cccc(NC(=O)CCc2nc(-c3ccsc3)no2)n1. The van der Waals surface area contributed by atoms with Crippen molar-refractivity contribution in [3.8, 4) is 11.4 Å². The fourth-order valence-electron chi connectivity index (χ4n) is 1.90. The Hall–Kier alpha value is -2.54. The van der Waals surface area contributed by atoms with Gasteiger partial charge in [-0.2, -0.15) is 16.3 Å². The van der Waals surface area contributed by atoms with Gasteiger partial charge in [-0.3, -0.25) is 4.79 Å². The summed E-state index contributed by atoms with van der Waals surface area (Å²) in [5.41, 5.74) is 1.78. The molecule has 0 saturated heterocycles. The van der Waals surface area contributed by atoms with E-state index in [1.54, 1.807) is 17.4 Å². The third-order valence-corrected chi connectivity index (χ3v) is 3.65. The second kappa shape index (κ2) is 6.48. The van der Waals surface area contributed by atoms with Crippen molar-refractivity contribution >= 4 is 23.1 Å². The second-order valence-electron chi connectivity index (χ2n) is 4.74. The van der Waals surface area contributed by atoms with Gasteiger partial charge in [-0.15, -0.1) is 0 Å². The summed E-state index contributed by atoms with van der Waals surface area (Å²) >= 11 is 1.57. The second-order valence-corrected chi connectivity index (χ2v) is 5.52. The zero-order valence-electron chi connectivity index (χ0n) is 11.9. The average molecular weight is 314 g/mol. The van der Waals surface area contributed by atoms with Crippen LogP contribution in [0.5, 0.6) is 0 Å². The predicted octanol–water partition coefficient (Wildman–Crippen LogP) is 3.07. The minimum Gasteiger partial charge on any atom is -0.339 e. The number of thiophene rings is 1. The summed E-state index contributed by atoms with van der Waals surface area (Å²) in [6.45, 7) is 1.88. The Bertz CT molecular complexity index is 767. The number of carbonyl (C=O) groups is 1. The van der Waals surface area contributed by atoms with Gasteiger partial charge >= 0.3 is 0 Å². The number of anilines is 1. The number of pyridine rings is 1. The molecule has 3 heterocycles. The molecule has 3 rings (SSSR count). The third-order valence-electron chi connectivity index (χ3n) is 2.97. The highest BCUT2D eigenvalue weighted by atomic mass is 32.1. The third kappa shape index (κ3) is 3.56. The van der Waals surface area contributed by atoms with E-state index < -0.39 is 0 Å². The number of hydrogen-bond acceptors (Lipinski definition) is 6. The van der Waals surface area contributed by atoms with Crippen molar-refractivity contribution < 1.29 is 9.32 Å². The summed E-state index contributed by atoms with van der Waals surface area (Å²) < 4.78 is 5.16. The smallest absolute Gasteiger partial charge is 0.227 e. The predicted molar refractivity (Wildman–Crippen MR) is 83.5 cm³/mol. The Labute approximate surface area is 131 Å². The highest BCUT2D eigenvalue weighted by Gasteiger charge is 2.11. The molecule has 3 aromatic heterocycles. The molecule has 1 amide bonds. The summed E-state index contributed by atoms with van der Waals surface area (Å²) in [4.78, 5) is 20.4. The lowest BCUT2D eigenvalue weighted by Crippen LogP contribution is -2.13. The molecule has 0 aliphatic heterocycles. The van der Waals surface area contributed by atoms with Crippen LogP contribution in [-0.2, 0) is 11.2 Å². The molecule has 7 heteroatoms. The van der Waals surface area contributed by atoms with Gasteiger partial charge in [0.15, 0.2) is 0 Å². The zero-order valence-corrected chi connectivity index (χ0v) is 12.8. The molecule has 0 spiro atoms. The quantitative estimate of drug-likeness (QED) is 0.782. The molecule has 0 atom stereocenters. The summed E-state index contributed by atoms with van der Waals surface area (Å²) in [6.07, 6.45) is 0.662. The Morgan fingerprint density at radius 1 is 1.32 bits per heavy atom. The monoisotopic (exact) mass is 314 g/mol. The molecule has 0 aliphatic carbocycles. The Balaban J connectivity index is 1.55. The summed E-state index contributed by atoms with van der Waals surface area (Å²) in [5.74, 6) is 1.42. The van der Waals surface area contributed by atoms with Crippen molar-refractivity contribution in [2.45, 2.75) is 19.8 Å². The maximum atomic E-state index is 11.9. The van der Waals surface area contributed by atoms with Gasteiger partial charge in [0.1, 0.15) is 5.82 Å². The van der Waals surface area contributed by atoms with E-state index >= 15 is 0 Å². The summed E-state index contributed by atoms with van der Waals surface area (Å²) in [5, 5.41) is 10.6. The van der Waals surface area contributed by atoms with Gasteiger partial charge in [-0.05, 0) is 30.5 Å². The first-order valence-corrected chi connectivity index (χ1v) is 7.73. The first kappa shape index (κ1) is 14.4. The molecular formula is C15H14N4O2S. The van der Waals surface area contributed by atoms with Crippen LogP contribution in [0.2, 0.25) is 0 Å². The van der Waals surface area contributed by atoms with Gasteiger partial charge in [0, 0.05) is 29.5 Å². The van der Waals surface area contributed by atoms with Gasteiger partial charge in [0.25, 0.3) is 0 Å². The number of aromatic nitrogens is 3. The number of nitrogens with one attached hydrogen (secondary N) is 1. The molecule has 0 aliphatic rings. The number of rotatable bonds is 5. The van der Waals surface area contributed by atoms with Crippen molar-refractivity contribution in [3.05, 3.63) is 46.6 Å². The number of hydrogen-bond donors (Lipinski definition) is 1. The van der Waals surface area contributed by atoms with Crippen molar-refractivity contribution in [1.29, 1.82) is 0 Å². The molecule has 0 fully saturated rings. The maximum absolute atomic E-state index is 11.9. The molecular weight excluding hydrogens is 300 g/mol. The molecule has 1 N–H and O–H groups in total. The molecule has 0 aromatic carbocycles. The Morgan fingerprint density at radius 2 is 2.23 bits per heavy atom. The Morgan fingerprint density at radius 3 is 3.00 bits per heavy atom. The van der Waals surface area contributed by atoms with Crippen molar-refractivity contribution in [2.24, 2.45) is 0 Å². The molecule has 3 aromatic rings. The van der Waals surface area contributed by atoms with E-state index in [9.17, 15) is 4.79 Å². The Kier molecular flexibility index (Phi) is 4.24. The van der Waals surface area contributed by atoms with E-state index in [0.717, 1.165) is 11.3 Å². The zero-order chi connectivity index (χ0) is 15.4. The van der Waals surface area contributed by atoms with Crippen LogP contribution in [0, 0.1) is 6.92 Å². The number of aryl methyl sites for hydroxylation is 2. The van der Waals surface area contributed by atoms with Gasteiger partial charge in [-0.25, -0.2) is 4.98 Å². The minimum absolute atomic E-state index is 0.131. The van der Waals surface area contributed by atoms with Crippen LogP contribution < -0.4 is 5.32 Å². The fraction of sp³-hybridized carbons (Fsp3) is 0.200. The summed E-state index contributed by atoms with van der Waals surface area (Å²) in [6, 6.07) is 7.41. The first-order valence-electron chi connectivity index (χ1n) is 6.79. The van der Waals surface area contributed by atoms with Crippen molar-refractivity contribution in [3.63, 3.8) is 0 Å². The topological polar surface area (TPSA) is 80.9 Å². The lowest BCUT2D eigenvalue weighted by Gasteiger charge is -2.03. The molecule has 0 bridgehead atoms. The van der Waals surface area contributed by atoms with E-state index in [-0.39, 0.29) is 12.3 Å². The van der Waals surface area contributed by atoms with Crippen LogP contribution in [-0.4, -0.2) is 21.0 Å². The standard InChI is InChI=1S/C15H14N4O2S/c1-10-3-2-4-12(16-10)17-13(20)5-6-14-18-15(19-21-14)11-7-8-22-9-11/h2-4,7-9H,5-6H2,1H3,(H,16,17,20). The van der Waals surface area contributed by atoms with Gasteiger partial charge in [0.05, 0.1) is 0 Å². The molecule has 22 heavy (non-hydrogen) atoms. The van der Waals surface area contributed by atoms with Crippen LogP contribution in [0.4, 0.5) is 5.82 Å². The maximum Gasteiger partial charge on any atom is 0.227 e. The first-order chi connectivity index (χ1) is 10.7. The lowest BCUT2D eigenvalue weighted by molar-refractivity contribution is -0.116. The van der Waals surface area contributed by atoms with Gasteiger partial charge < -0.3 is 9.84 Å². The molecule has 0 radical (unpaired) electrons.